The van der Waals surface area contributed by atoms with Gasteiger partial charge in [0.05, 0.1) is 0 Å². The first-order chi connectivity index (χ1) is 12.0. The van der Waals surface area contributed by atoms with Crippen molar-refractivity contribution in [2.75, 3.05) is 51.7 Å². The van der Waals surface area contributed by atoms with Gasteiger partial charge in [-0.1, -0.05) is 0 Å². The summed E-state index contributed by atoms with van der Waals surface area (Å²) in [7, 11) is 3.46. The molecular weight excluding hydrogens is 323 g/mol. The predicted molar refractivity (Wildman–Crippen MR) is 95.1 cm³/mol. The number of nitrogens with zero attached hydrogens (tertiary/aromatic N) is 5. The molecule has 0 atom stereocenters. The first-order valence-electron chi connectivity index (χ1n) is 8.66. The maximum atomic E-state index is 13.9. The zero-order valence-electron chi connectivity index (χ0n) is 14.8. The molecule has 2 fully saturated rings. The Labute approximate surface area is 147 Å². The minimum absolute atomic E-state index is 0.0238. The lowest BCUT2D eigenvalue weighted by atomic mass is 10.3. The molecule has 1 aliphatic heterocycles. The van der Waals surface area contributed by atoms with Crippen molar-refractivity contribution in [1.82, 2.24) is 20.1 Å². The van der Waals surface area contributed by atoms with Gasteiger partial charge in [0.2, 0.25) is 5.91 Å². The highest BCUT2D eigenvalue weighted by Crippen LogP contribution is 2.20. The third-order valence-electron chi connectivity index (χ3n) is 4.39. The predicted octanol–water partition coefficient (Wildman–Crippen LogP) is 0.539. The number of hydrogen-bond donors (Lipinski definition) is 1. The van der Waals surface area contributed by atoms with Crippen LogP contribution >= 0.6 is 0 Å². The third kappa shape index (κ3) is 4.58. The number of aromatic nitrogens is 1. The number of carbonyl (C=O) groups excluding carboxylic acids is 1. The minimum Gasteiger partial charge on any atom is -0.353 e. The zero-order valence-corrected chi connectivity index (χ0v) is 14.8. The lowest BCUT2D eigenvalue weighted by molar-refractivity contribution is -0.127. The number of halogens is 1. The van der Waals surface area contributed by atoms with Crippen LogP contribution in [-0.2, 0) is 4.79 Å². The number of hydrogen-bond acceptors (Lipinski definition) is 4. The quantitative estimate of drug-likeness (QED) is 0.636. The number of guanidine groups is 1. The van der Waals surface area contributed by atoms with Crippen molar-refractivity contribution >= 4 is 17.7 Å². The summed E-state index contributed by atoms with van der Waals surface area (Å²) in [5.74, 6) is 0.860. The van der Waals surface area contributed by atoms with Crippen LogP contribution in [0.4, 0.5) is 10.2 Å². The van der Waals surface area contributed by atoms with Gasteiger partial charge in [-0.05, 0) is 25.0 Å². The molecule has 3 rings (SSSR count). The van der Waals surface area contributed by atoms with Gasteiger partial charge < -0.3 is 20.0 Å². The number of amides is 1. The fraction of sp³-hybridized carbons (Fsp3) is 0.588. The van der Waals surface area contributed by atoms with Crippen molar-refractivity contribution in [3.8, 4) is 0 Å². The first kappa shape index (κ1) is 17.4. The van der Waals surface area contributed by atoms with E-state index in [-0.39, 0.29) is 18.3 Å². The second-order valence-electron chi connectivity index (χ2n) is 6.63. The summed E-state index contributed by atoms with van der Waals surface area (Å²) in [5, 5.41) is 3.42. The van der Waals surface area contributed by atoms with Crippen LogP contribution in [0.1, 0.15) is 12.8 Å². The first-order valence-corrected chi connectivity index (χ1v) is 8.66. The summed E-state index contributed by atoms with van der Waals surface area (Å²) in [6, 6.07) is 3.49. The average Bonchev–Trinajstić information content (AvgIpc) is 3.43. The van der Waals surface area contributed by atoms with E-state index in [1.165, 1.54) is 6.07 Å². The Hall–Kier alpha value is -2.38. The summed E-state index contributed by atoms with van der Waals surface area (Å²) in [6.45, 7) is 2.90. The number of nitrogens with one attached hydrogen (secondary N) is 1. The zero-order chi connectivity index (χ0) is 17.8. The van der Waals surface area contributed by atoms with Crippen LogP contribution in [0, 0.1) is 5.82 Å². The van der Waals surface area contributed by atoms with Crippen molar-refractivity contribution in [2.24, 2.45) is 4.99 Å². The lowest BCUT2D eigenvalue weighted by Gasteiger charge is -2.37. The molecule has 1 aromatic rings. The molecule has 1 saturated carbocycles. The maximum Gasteiger partial charge on any atom is 0.243 e. The normalized spacial score (nSPS) is 18.3. The van der Waals surface area contributed by atoms with Crippen molar-refractivity contribution in [2.45, 2.75) is 18.9 Å². The summed E-state index contributed by atoms with van der Waals surface area (Å²) < 4.78 is 13.9. The van der Waals surface area contributed by atoms with E-state index in [4.69, 9.17) is 0 Å². The highest BCUT2D eigenvalue weighted by atomic mass is 19.1. The topological polar surface area (TPSA) is 64.1 Å². The van der Waals surface area contributed by atoms with Crippen LogP contribution in [0.3, 0.4) is 0 Å². The van der Waals surface area contributed by atoms with Crippen LogP contribution in [0.5, 0.6) is 0 Å². The summed E-state index contributed by atoms with van der Waals surface area (Å²) in [4.78, 5) is 26.1. The largest absolute Gasteiger partial charge is 0.353 e. The number of likely N-dealkylation sites (N-methyl/N-ethyl adjacent to an activating group) is 1. The van der Waals surface area contributed by atoms with Crippen LogP contribution < -0.4 is 10.2 Å². The molecule has 0 bridgehead atoms. The van der Waals surface area contributed by atoms with Crippen LogP contribution in [0.2, 0.25) is 0 Å². The fourth-order valence-corrected chi connectivity index (χ4v) is 2.67. The second kappa shape index (κ2) is 7.67. The summed E-state index contributed by atoms with van der Waals surface area (Å²) in [5.41, 5.74) is 0. The highest BCUT2D eigenvalue weighted by Gasteiger charge is 2.27. The molecule has 1 aromatic heterocycles. The van der Waals surface area contributed by atoms with Gasteiger partial charge in [0.1, 0.15) is 6.54 Å². The molecule has 1 aliphatic carbocycles. The fourth-order valence-electron chi connectivity index (χ4n) is 2.67. The van der Waals surface area contributed by atoms with Crippen molar-refractivity contribution in [1.29, 1.82) is 0 Å². The molecule has 0 unspecified atom stereocenters. The van der Waals surface area contributed by atoms with E-state index in [0.717, 1.165) is 18.8 Å². The van der Waals surface area contributed by atoms with E-state index in [9.17, 15) is 9.18 Å². The van der Waals surface area contributed by atoms with Crippen molar-refractivity contribution in [3.63, 3.8) is 0 Å². The number of rotatable bonds is 4. The van der Waals surface area contributed by atoms with Gasteiger partial charge in [-0.25, -0.2) is 14.4 Å². The molecule has 1 saturated heterocycles. The van der Waals surface area contributed by atoms with Crippen molar-refractivity contribution < 1.29 is 9.18 Å². The molecule has 7 nitrogen and oxygen atoms in total. The van der Waals surface area contributed by atoms with Crippen LogP contribution in [0.15, 0.2) is 23.3 Å². The average molecular weight is 348 g/mol. The van der Waals surface area contributed by atoms with E-state index in [1.807, 2.05) is 4.90 Å². The van der Waals surface area contributed by atoms with Gasteiger partial charge in [-0.2, -0.15) is 0 Å². The summed E-state index contributed by atoms with van der Waals surface area (Å²) in [6.07, 6.45) is 3.89. The van der Waals surface area contributed by atoms with Crippen molar-refractivity contribution in [3.05, 3.63) is 24.1 Å². The Bertz CT molecular complexity index is 638. The lowest BCUT2D eigenvalue weighted by Crippen LogP contribution is -2.53. The molecule has 2 heterocycles. The Kier molecular flexibility index (Phi) is 5.35. The third-order valence-corrected chi connectivity index (χ3v) is 4.39. The van der Waals surface area contributed by atoms with Crippen LogP contribution in [-0.4, -0.2) is 79.5 Å². The molecule has 1 amide bonds. The monoisotopic (exact) mass is 348 g/mol. The molecule has 0 radical (unpaired) electrons. The van der Waals surface area contributed by atoms with Gasteiger partial charge in [0.25, 0.3) is 0 Å². The molecule has 25 heavy (non-hydrogen) atoms. The Morgan fingerprint density at radius 2 is 2.08 bits per heavy atom. The second-order valence-corrected chi connectivity index (χ2v) is 6.63. The Morgan fingerprint density at radius 3 is 2.68 bits per heavy atom. The number of aliphatic imine (C=N–C) groups is 1. The van der Waals surface area contributed by atoms with Gasteiger partial charge in [-0.15, -0.1) is 0 Å². The maximum absolute atomic E-state index is 13.9. The molecule has 8 heteroatoms. The number of anilines is 1. The molecule has 2 aliphatic rings. The Morgan fingerprint density at radius 1 is 1.36 bits per heavy atom. The van der Waals surface area contributed by atoms with E-state index < -0.39 is 0 Å². The summed E-state index contributed by atoms with van der Waals surface area (Å²) >= 11 is 0. The Balaban J connectivity index is 1.62. The molecule has 0 aromatic carbocycles. The standard InChI is InChI=1S/C17H25FN6O/c1-22(2)15(25)12-20-17(21-13-5-6-13)24-10-8-23(9-11-24)16-14(18)4-3-7-19-16/h3-4,7,13H,5-6,8-12H2,1-2H3,(H,20,21). The molecule has 0 spiro atoms. The molecule has 1 N–H and O–H groups in total. The van der Waals surface area contributed by atoms with E-state index in [1.54, 1.807) is 31.3 Å². The van der Waals surface area contributed by atoms with Gasteiger partial charge >= 0.3 is 0 Å². The molecular formula is C17H25FN6O. The van der Waals surface area contributed by atoms with Crippen LogP contribution in [0.25, 0.3) is 0 Å². The number of pyridine rings is 1. The SMILES string of the molecule is CN(C)C(=O)CN=C(NC1CC1)N1CCN(c2ncccc2F)CC1. The molecule has 136 valence electrons. The number of piperazine rings is 1. The van der Waals surface area contributed by atoms with Gasteiger partial charge in [0, 0.05) is 52.5 Å². The van der Waals surface area contributed by atoms with Gasteiger partial charge in [-0.3, -0.25) is 4.79 Å². The van der Waals surface area contributed by atoms with E-state index in [0.29, 0.717) is 38.0 Å². The van der Waals surface area contributed by atoms with E-state index in [2.05, 4.69) is 20.2 Å². The smallest absolute Gasteiger partial charge is 0.243 e. The number of carbonyl (C=O) groups is 1. The minimum atomic E-state index is -0.294. The van der Waals surface area contributed by atoms with E-state index >= 15 is 0 Å². The van der Waals surface area contributed by atoms with Gasteiger partial charge in [0.15, 0.2) is 17.6 Å². The highest BCUT2D eigenvalue weighted by molar-refractivity contribution is 5.85.